The van der Waals surface area contributed by atoms with Gasteiger partial charge in [0.15, 0.2) is 0 Å². The van der Waals surface area contributed by atoms with Crippen molar-refractivity contribution in [2.24, 2.45) is 0 Å². The van der Waals surface area contributed by atoms with Gasteiger partial charge in [-0.25, -0.2) is 0 Å². The quantitative estimate of drug-likeness (QED) is 0.853. The molecule has 4 nitrogen and oxygen atoms in total. The van der Waals surface area contributed by atoms with Crippen LogP contribution in [0.1, 0.15) is 25.8 Å². The zero-order chi connectivity index (χ0) is 14.8. The van der Waals surface area contributed by atoms with E-state index in [0.29, 0.717) is 6.54 Å². The number of carbonyl (C=O) groups excluding carboxylic acids is 1. The molecule has 0 spiro atoms. The molecule has 0 aromatic heterocycles. The molecule has 1 amide bonds. The number of carbonyl (C=O) groups is 1. The van der Waals surface area contributed by atoms with Crippen LogP contribution in [0.25, 0.3) is 0 Å². The first-order chi connectivity index (χ1) is 10.2. The zero-order valence-corrected chi connectivity index (χ0v) is 12.9. The normalized spacial score (nSPS) is 25.9. The third kappa shape index (κ3) is 2.97. The maximum atomic E-state index is 12.7. The Balaban J connectivity index is 1.68. The van der Waals surface area contributed by atoms with Crippen molar-refractivity contribution in [1.29, 1.82) is 0 Å². The number of hydrogen-bond donors (Lipinski definition) is 0. The Labute approximate surface area is 126 Å². The van der Waals surface area contributed by atoms with Crippen LogP contribution in [0.15, 0.2) is 24.3 Å². The van der Waals surface area contributed by atoms with Crippen molar-refractivity contribution in [3.05, 3.63) is 29.8 Å². The van der Waals surface area contributed by atoms with Gasteiger partial charge in [0.1, 0.15) is 0 Å². The van der Waals surface area contributed by atoms with E-state index in [1.54, 1.807) is 0 Å². The Morgan fingerprint density at radius 3 is 3.00 bits per heavy atom. The van der Waals surface area contributed by atoms with E-state index < -0.39 is 0 Å². The van der Waals surface area contributed by atoms with E-state index in [-0.39, 0.29) is 18.1 Å². The van der Waals surface area contributed by atoms with Gasteiger partial charge in [0.05, 0.1) is 19.3 Å². The lowest BCUT2D eigenvalue weighted by atomic mass is 10.1. The summed E-state index contributed by atoms with van der Waals surface area (Å²) in [5.41, 5.74) is 2.38. The van der Waals surface area contributed by atoms with Crippen molar-refractivity contribution < 1.29 is 9.53 Å². The molecule has 1 aromatic carbocycles. The van der Waals surface area contributed by atoms with Gasteiger partial charge in [-0.2, -0.15) is 0 Å². The van der Waals surface area contributed by atoms with Gasteiger partial charge in [0.2, 0.25) is 5.91 Å². The minimum Gasteiger partial charge on any atom is -0.376 e. The summed E-state index contributed by atoms with van der Waals surface area (Å²) < 4.78 is 5.68. The Morgan fingerprint density at radius 1 is 1.38 bits per heavy atom. The smallest absolute Gasteiger partial charge is 0.241 e. The molecule has 2 heterocycles. The van der Waals surface area contributed by atoms with Gasteiger partial charge in [-0.3, -0.25) is 9.69 Å². The molecule has 4 heteroatoms. The first-order valence-electron chi connectivity index (χ1n) is 7.93. The van der Waals surface area contributed by atoms with Crippen LogP contribution in [0, 0.1) is 0 Å². The van der Waals surface area contributed by atoms with Crippen LogP contribution in [0.4, 0.5) is 5.69 Å². The average molecular weight is 288 g/mol. The molecular weight excluding hydrogens is 264 g/mol. The van der Waals surface area contributed by atoms with E-state index in [0.717, 1.165) is 38.2 Å². The minimum atomic E-state index is 0.212. The predicted octanol–water partition coefficient (Wildman–Crippen LogP) is 2.08. The van der Waals surface area contributed by atoms with Gasteiger partial charge in [-0.1, -0.05) is 25.1 Å². The highest BCUT2D eigenvalue weighted by Crippen LogP contribution is 2.31. The molecule has 0 bridgehead atoms. The molecule has 3 rings (SSSR count). The molecule has 0 radical (unpaired) electrons. The molecule has 0 aliphatic carbocycles. The fourth-order valence-corrected chi connectivity index (χ4v) is 3.38. The number of para-hydroxylation sites is 1. The van der Waals surface area contributed by atoms with E-state index in [9.17, 15) is 4.79 Å². The van der Waals surface area contributed by atoms with Gasteiger partial charge >= 0.3 is 0 Å². The fourth-order valence-electron chi connectivity index (χ4n) is 3.38. The fraction of sp³-hybridized carbons (Fsp3) is 0.588. The van der Waals surface area contributed by atoms with E-state index in [1.165, 1.54) is 5.56 Å². The van der Waals surface area contributed by atoms with Crippen LogP contribution in [0.2, 0.25) is 0 Å². The van der Waals surface area contributed by atoms with Gasteiger partial charge in [0, 0.05) is 24.8 Å². The number of ether oxygens (including phenoxy) is 1. The molecular formula is C17H24N2O2. The number of hydrogen-bond acceptors (Lipinski definition) is 3. The topological polar surface area (TPSA) is 32.8 Å². The van der Waals surface area contributed by atoms with E-state index >= 15 is 0 Å². The standard InChI is InChI=1S/C17H24N2O2/c1-3-15-11-18(8-9-21-15)12-17(20)19-13(2)10-14-6-4-5-7-16(14)19/h4-7,13,15H,3,8-12H2,1-2H3/t13-,15+/m1/s1. The summed E-state index contributed by atoms with van der Waals surface area (Å²) in [6.07, 6.45) is 2.24. The lowest BCUT2D eigenvalue weighted by Gasteiger charge is -2.33. The van der Waals surface area contributed by atoms with E-state index in [1.807, 2.05) is 17.0 Å². The van der Waals surface area contributed by atoms with Crippen LogP contribution in [0.5, 0.6) is 0 Å². The summed E-state index contributed by atoms with van der Waals surface area (Å²) in [7, 11) is 0. The number of nitrogens with zero attached hydrogens (tertiary/aromatic N) is 2. The third-order valence-electron chi connectivity index (χ3n) is 4.51. The summed E-state index contributed by atoms with van der Waals surface area (Å²) in [5, 5.41) is 0. The molecule has 21 heavy (non-hydrogen) atoms. The summed E-state index contributed by atoms with van der Waals surface area (Å²) in [4.78, 5) is 16.9. The lowest BCUT2D eigenvalue weighted by Crippen LogP contribution is -2.48. The highest BCUT2D eigenvalue weighted by atomic mass is 16.5. The second-order valence-electron chi connectivity index (χ2n) is 6.08. The summed E-state index contributed by atoms with van der Waals surface area (Å²) >= 11 is 0. The molecule has 114 valence electrons. The summed E-state index contributed by atoms with van der Waals surface area (Å²) in [6.45, 7) is 7.22. The summed E-state index contributed by atoms with van der Waals surface area (Å²) in [5.74, 6) is 0.212. The van der Waals surface area contributed by atoms with Crippen LogP contribution < -0.4 is 4.90 Å². The average Bonchev–Trinajstić information content (AvgIpc) is 2.83. The van der Waals surface area contributed by atoms with Gasteiger partial charge in [-0.05, 0) is 31.4 Å². The molecule has 2 aliphatic heterocycles. The lowest BCUT2D eigenvalue weighted by molar-refractivity contribution is -0.122. The van der Waals surface area contributed by atoms with Gasteiger partial charge < -0.3 is 9.64 Å². The van der Waals surface area contributed by atoms with Crippen LogP contribution in [0.3, 0.4) is 0 Å². The Hall–Kier alpha value is -1.39. The van der Waals surface area contributed by atoms with Crippen molar-refractivity contribution in [3.8, 4) is 0 Å². The van der Waals surface area contributed by atoms with Gasteiger partial charge in [0.25, 0.3) is 0 Å². The highest BCUT2D eigenvalue weighted by molar-refractivity contribution is 5.97. The second kappa shape index (κ2) is 6.16. The van der Waals surface area contributed by atoms with Crippen LogP contribution in [-0.2, 0) is 16.0 Å². The maximum absolute atomic E-state index is 12.7. The van der Waals surface area contributed by atoms with Crippen molar-refractivity contribution >= 4 is 11.6 Å². The number of benzene rings is 1. The Bertz CT molecular complexity index is 517. The Kier molecular flexibility index (Phi) is 4.27. The molecule has 1 aromatic rings. The first kappa shape index (κ1) is 14.5. The monoisotopic (exact) mass is 288 g/mol. The molecule has 2 aliphatic rings. The molecule has 1 fully saturated rings. The van der Waals surface area contributed by atoms with Crippen molar-refractivity contribution in [1.82, 2.24) is 4.90 Å². The minimum absolute atomic E-state index is 0.212. The third-order valence-corrected chi connectivity index (χ3v) is 4.51. The molecule has 0 saturated carbocycles. The zero-order valence-electron chi connectivity index (χ0n) is 12.9. The van der Waals surface area contributed by atoms with Crippen molar-refractivity contribution in [2.45, 2.75) is 38.8 Å². The number of rotatable bonds is 3. The SMILES string of the molecule is CC[C@H]1CN(CC(=O)N2c3ccccc3C[C@H]2C)CCO1. The number of anilines is 1. The molecule has 0 unspecified atom stereocenters. The molecule has 1 saturated heterocycles. The van der Waals surface area contributed by atoms with E-state index in [2.05, 4.69) is 30.9 Å². The first-order valence-corrected chi connectivity index (χ1v) is 7.93. The molecule has 0 N–H and O–H groups in total. The largest absolute Gasteiger partial charge is 0.376 e. The van der Waals surface area contributed by atoms with Crippen LogP contribution >= 0.6 is 0 Å². The maximum Gasteiger partial charge on any atom is 0.241 e. The van der Waals surface area contributed by atoms with Crippen molar-refractivity contribution in [3.63, 3.8) is 0 Å². The molecule has 2 atom stereocenters. The van der Waals surface area contributed by atoms with Gasteiger partial charge in [-0.15, -0.1) is 0 Å². The number of morpholine rings is 1. The second-order valence-corrected chi connectivity index (χ2v) is 6.08. The summed E-state index contributed by atoms with van der Waals surface area (Å²) in [6, 6.07) is 8.51. The van der Waals surface area contributed by atoms with E-state index in [4.69, 9.17) is 4.74 Å². The van der Waals surface area contributed by atoms with Crippen molar-refractivity contribution in [2.75, 3.05) is 31.1 Å². The highest BCUT2D eigenvalue weighted by Gasteiger charge is 2.32. The number of amides is 1. The predicted molar refractivity (Wildman–Crippen MR) is 83.6 cm³/mol. The number of fused-ring (bicyclic) bond motifs is 1. The van der Waals surface area contributed by atoms with Crippen LogP contribution in [-0.4, -0.2) is 49.2 Å². The Morgan fingerprint density at radius 2 is 2.19 bits per heavy atom.